The predicted molar refractivity (Wildman–Crippen MR) is 105 cm³/mol. The first-order chi connectivity index (χ1) is 13.2. The fourth-order valence-corrected chi connectivity index (χ4v) is 3.03. The number of aryl methyl sites for hydroxylation is 1. The highest BCUT2D eigenvalue weighted by atomic mass is 16.5. The average Bonchev–Trinajstić information content (AvgIpc) is 3.01. The average molecular weight is 367 g/mol. The van der Waals surface area contributed by atoms with Crippen LogP contribution >= 0.6 is 0 Å². The second kappa shape index (κ2) is 9.19. The molecule has 0 saturated carbocycles. The molecule has 0 aliphatic carbocycles. The highest BCUT2D eigenvalue weighted by Crippen LogP contribution is 2.18. The van der Waals surface area contributed by atoms with Gasteiger partial charge >= 0.3 is 0 Å². The van der Waals surface area contributed by atoms with Crippen LogP contribution in [0, 0.1) is 6.92 Å². The van der Waals surface area contributed by atoms with Gasteiger partial charge in [0.1, 0.15) is 24.8 Å². The van der Waals surface area contributed by atoms with Crippen LogP contribution in [0.3, 0.4) is 0 Å². The lowest BCUT2D eigenvalue weighted by atomic mass is 10.2. The van der Waals surface area contributed by atoms with E-state index in [1.807, 2.05) is 49.4 Å². The van der Waals surface area contributed by atoms with Gasteiger partial charge in [0, 0.05) is 20.1 Å². The van der Waals surface area contributed by atoms with Crippen molar-refractivity contribution in [3.63, 3.8) is 0 Å². The topological polar surface area (TPSA) is 65.4 Å². The minimum atomic E-state index is -0.122. The summed E-state index contributed by atoms with van der Waals surface area (Å²) in [6.07, 6.45) is 0.647. The molecule has 142 valence electrons. The van der Waals surface area contributed by atoms with Gasteiger partial charge < -0.3 is 19.4 Å². The lowest BCUT2D eigenvalue weighted by molar-refractivity contribution is -0.124. The fraction of sp³-hybridized carbons (Fsp3) is 0.333. The van der Waals surface area contributed by atoms with Gasteiger partial charge in [-0.05, 0) is 30.7 Å². The molecular formula is C21H25N3O3. The van der Waals surface area contributed by atoms with Gasteiger partial charge in [-0.2, -0.15) is 0 Å². The van der Waals surface area contributed by atoms with Crippen LogP contribution in [0.5, 0.6) is 5.75 Å². The summed E-state index contributed by atoms with van der Waals surface area (Å²) < 4.78 is 13.0. The monoisotopic (exact) mass is 367 g/mol. The second-order valence-corrected chi connectivity index (χ2v) is 6.32. The Hall–Kier alpha value is -2.86. The molecule has 0 bridgehead atoms. The Kier molecular flexibility index (Phi) is 6.44. The summed E-state index contributed by atoms with van der Waals surface area (Å²) >= 11 is 0. The molecule has 27 heavy (non-hydrogen) atoms. The number of carbonyl (C=O) groups is 1. The highest BCUT2D eigenvalue weighted by Gasteiger charge is 2.11. The lowest BCUT2D eigenvalue weighted by Crippen LogP contribution is -2.29. The first-order valence-corrected chi connectivity index (χ1v) is 9.07. The number of rotatable bonds is 9. The summed E-state index contributed by atoms with van der Waals surface area (Å²) in [6.45, 7) is 3.87. The minimum absolute atomic E-state index is 0.0701. The fourth-order valence-electron chi connectivity index (χ4n) is 3.03. The molecule has 1 heterocycles. The van der Waals surface area contributed by atoms with Crippen molar-refractivity contribution in [2.24, 2.45) is 0 Å². The van der Waals surface area contributed by atoms with Crippen molar-refractivity contribution in [1.82, 2.24) is 14.9 Å². The second-order valence-electron chi connectivity index (χ2n) is 6.32. The third-order valence-corrected chi connectivity index (χ3v) is 4.35. The van der Waals surface area contributed by atoms with Gasteiger partial charge in [0.05, 0.1) is 17.6 Å². The van der Waals surface area contributed by atoms with Gasteiger partial charge in [-0.15, -0.1) is 0 Å². The number of fused-ring (bicyclic) bond motifs is 1. The predicted octanol–water partition coefficient (Wildman–Crippen LogP) is 2.73. The number of ether oxygens (including phenoxy) is 2. The molecule has 2 aromatic carbocycles. The molecule has 0 unspecified atom stereocenters. The lowest BCUT2D eigenvalue weighted by Gasteiger charge is -2.12. The van der Waals surface area contributed by atoms with E-state index in [4.69, 9.17) is 14.5 Å². The van der Waals surface area contributed by atoms with Crippen molar-refractivity contribution in [2.45, 2.75) is 19.9 Å². The molecule has 0 aliphatic heterocycles. The zero-order chi connectivity index (χ0) is 19.1. The number of carbonyl (C=O) groups excluding carboxylic acids is 1. The number of imidazole rings is 1. The number of nitrogens with one attached hydrogen (secondary N) is 1. The third kappa shape index (κ3) is 4.86. The first kappa shape index (κ1) is 18.9. The molecule has 6 nitrogen and oxygen atoms in total. The number of hydrogen-bond donors (Lipinski definition) is 1. The summed E-state index contributed by atoms with van der Waals surface area (Å²) in [5.41, 5.74) is 3.14. The van der Waals surface area contributed by atoms with E-state index in [-0.39, 0.29) is 12.5 Å². The van der Waals surface area contributed by atoms with Gasteiger partial charge in [-0.25, -0.2) is 4.98 Å². The largest absolute Gasteiger partial charge is 0.491 e. The van der Waals surface area contributed by atoms with E-state index in [2.05, 4.69) is 16.0 Å². The number of amides is 1. The quantitative estimate of drug-likeness (QED) is 0.632. The summed E-state index contributed by atoms with van der Waals surface area (Å²) in [4.78, 5) is 16.3. The van der Waals surface area contributed by atoms with Crippen molar-refractivity contribution >= 4 is 16.9 Å². The Bertz CT molecular complexity index is 905. The normalized spacial score (nSPS) is 10.9. The maximum atomic E-state index is 11.6. The van der Waals surface area contributed by atoms with Crippen LogP contribution in [0.25, 0.3) is 11.0 Å². The number of benzene rings is 2. The Morgan fingerprint density at radius 1 is 1.15 bits per heavy atom. The standard InChI is InChI=1S/C21H25N3O3/c1-16-7-3-6-10-19(16)27-14-13-24-18-9-5-4-8-17(18)23-20(24)11-12-22-21(25)15-26-2/h3-10H,11-15H2,1-2H3,(H,22,25). The molecule has 6 heteroatoms. The minimum Gasteiger partial charge on any atom is -0.491 e. The van der Waals surface area contributed by atoms with E-state index in [1.165, 1.54) is 7.11 Å². The number of methoxy groups -OCH3 is 1. The van der Waals surface area contributed by atoms with Crippen molar-refractivity contribution < 1.29 is 14.3 Å². The zero-order valence-electron chi connectivity index (χ0n) is 15.8. The van der Waals surface area contributed by atoms with Gasteiger partial charge in [0.2, 0.25) is 5.91 Å². The van der Waals surface area contributed by atoms with Crippen LogP contribution in [0.1, 0.15) is 11.4 Å². The highest BCUT2D eigenvalue weighted by molar-refractivity contribution is 5.77. The molecule has 1 N–H and O–H groups in total. The number of hydrogen-bond acceptors (Lipinski definition) is 4. The van der Waals surface area contributed by atoms with Crippen molar-refractivity contribution in [2.75, 3.05) is 26.9 Å². The van der Waals surface area contributed by atoms with Crippen molar-refractivity contribution in [3.8, 4) is 5.75 Å². The van der Waals surface area contributed by atoms with E-state index in [9.17, 15) is 4.79 Å². The molecule has 0 atom stereocenters. The van der Waals surface area contributed by atoms with Crippen molar-refractivity contribution in [1.29, 1.82) is 0 Å². The molecule has 1 aromatic heterocycles. The van der Waals surface area contributed by atoms with Gasteiger partial charge in [0.25, 0.3) is 0 Å². The molecule has 1 amide bonds. The molecule has 0 aliphatic rings. The van der Waals surface area contributed by atoms with Gasteiger partial charge in [-0.3, -0.25) is 4.79 Å². The number of para-hydroxylation sites is 3. The Morgan fingerprint density at radius 3 is 2.74 bits per heavy atom. The molecule has 3 aromatic rings. The Morgan fingerprint density at radius 2 is 1.93 bits per heavy atom. The molecule has 0 spiro atoms. The van der Waals surface area contributed by atoms with E-state index in [0.717, 1.165) is 28.2 Å². The summed E-state index contributed by atoms with van der Waals surface area (Å²) in [6, 6.07) is 16.0. The smallest absolute Gasteiger partial charge is 0.245 e. The van der Waals surface area contributed by atoms with Crippen LogP contribution in [-0.2, 0) is 22.5 Å². The molecule has 0 fully saturated rings. The van der Waals surface area contributed by atoms with Crippen LogP contribution < -0.4 is 10.1 Å². The molecule has 0 radical (unpaired) electrons. The van der Waals surface area contributed by atoms with E-state index < -0.39 is 0 Å². The number of aromatic nitrogens is 2. The maximum absolute atomic E-state index is 11.6. The van der Waals surface area contributed by atoms with E-state index in [1.54, 1.807) is 0 Å². The van der Waals surface area contributed by atoms with E-state index in [0.29, 0.717) is 26.1 Å². The van der Waals surface area contributed by atoms with Gasteiger partial charge in [0.15, 0.2) is 0 Å². The summed E-state index contributed by atoms with van der Waals surface area (Å²) in [7, 11) is 1.51. The molecular weight excluding hydrogens is 342 g/mol. The van der Waals surface area contributed by atoms with Crippen LogP contribution in [0.4, 0.5) is 0 Å². The first-order valence-electron chi connectivity index (χ1n) is 9.07. The van der Waals surface area contributed by atoms with Crippen LogP contribution in [0.15, 0.2) is 48.5 Å². The van der Waals surface area contributed by atoms with Crippen molar-refractivity contribution in [3.05, 3.63) is 59.9 Å². The summed E-state index contributed by atoms with van der Waals surface area (Å²) in [5.74, 6) is 1.71. The molecule has 0 saturated heterocycles. The van der Waals surface area contributed by atoms with Gasteiger partial charge in [-0.1, -0.05) is 30.3 Å². The van der Waals surface area contributed by atoms with Crippen LogP contribution in [-0.4, -0.2) is 42.3 Å². The van der Waals surface area contributed by atoms with Crippen LogP contribution in [0.2, 0.25) is 0 Å². The van der Waals surface area contributed by atoms with E-state index >= 15 is 0 Å². The molecule has 3 rings (SSSR count). The zero-order valence-corrected chi connectivity index (χ0v) is 15.8. The Balaban J connectivity index is 1.68. The number of nitrogens with zero attached hydrogens (tertiary/aromatic N) is 2. The summed E-state index contributed by atoms with van der Waals surface area (Å²) in [5, 5.41) is 2.84. The third-order valence-electron chi connectivity index (χ3n) is 4.35. The maximum Gasteiger partial charge on any atom is 0.245 e. The SMILES string of the molecule is COCC(=O)NCCc1nc2ccccc2n1CCOc1ccccc1C. The Labute approximate surface area is 159 Å².